The van der Waals surface area contributed by atoms with Crippen LogP contribution in [0.1, 0.15) is 73.7 Å². The van der Waals surface area contributed by atoms with Crippen LogP contribution in [0.3, 0.4) is 0 Å². The summed E-state index contributed by atoms with van der Waals surface area (Å²) >= 11 is 0. The number of carbonyl (C=O) groups excluding carboxylic acids is 2. The summed E-state index contributed by atoms with van der Waals surface area (Å²) in [6.45, 7) is 7.12. The Morgan fingerprint density at radius 2 is 1.94 bits per heavy atom. The largest absolute Gasteiger partial charge is 0.489 e. The number of amides is 2. The number of carbonyl (C=O) groups is 2. The molecule has 3 unspecified atom stereocenters. The summed E-state index contributed by atoms with van der Waals surface area (Å²) in [5.41, 5.74) is 2.35. The summed E-state index contributed by atoms with van der Waals surface area (Å²) < 4.78 is 12.0. The number of allylic oxidation sites excluding steroid dienone is 1. The van der Waals surface area contributed by atoms with E-state index in [1.807, 2.05) is 18.2 Å². The van der Waals surface area contributed by atoms with Crippen molar-refractivity contribution >= 4 is 11.8 Å². The summed E-state index contributed by atoms with van der Waals surface area (Å²) in [5, 5.41) is 6.57. The second kappa shape index (κ2) is 10.5. The molecule has 0 spiro atoms. The van der Waals surface area contributed by atoms with Gasteiger partial charge in [-0.05, 0) is 87.6 Å². The quantitative estimate of drug-likeness (QED) is 0.641. The maximum atomic E-state index is 13.0. The summed E-state index contributed by atoms with van der Waals surface area (Å²) in [6, 6.07) is 5.71. The molecule has 3 atom stereocenters. The van der Waals surface area contributed by atoms with E-state index < -0.39 is 6.04 Å². The predicted octanol–water partition coefficient (Wildman–Crippen LogP) is 3.53. The van der Waals surface area contributed by atoms with Gasteiger partial charge in [0.25, 0.3) is 5.91 Å². The molecular formula is C27H37N3O4. The van der Waals surface area contributed by atoms with Crippen molar-refractivity contribution < 1.29 is 19.1 Å². The minimum Gasteiger partial charge on any atom is -0.489 e. The first kappa shape index (κ1) is 23.4. The fourth-order valence-electron chi connectivity index (χ4n) is 5.86. The summed E-state index contributed by atoms with van der Waals surface area (Å²) in [4.78, 5) is 27.1. The zero-order valence-electron chi connectivity index (χ0n) is 20.0. The van der Waals surface area contributed by atoms with Crippen LogP contribution in [0.2, 0.25) is 0 Å². The van der Waals surface area contributed by atoms with Gasteiger partial charge in [-0.15, -0.1) is 0 Å². The topological polar surface area (TPSA) is 79.9 Å². The smallest absolute Gasteiger partial charge is 0.255 e. The van der Waals surface area contributed by atoms with Crippen LogP contribution in [-0.4, -0.2) is 54.7 Å². The molecule has 0 radical (unpaired) electrons. The summed E-state index contributed by atoms with van der Waals surface area (Å²) in [6.07, 6.45) is 9.62. The molecule has 3 aliphatic heterocycles. The van der Waals surface area contributed by atoms with Crippen LogP contribution < -0.4 is 15.4 Å². The third-order valence-electron chi connectivity index (χ3n) is 7.90. The number of rotatable bonds is 7. The molecule has 3 fully saturated rings. The maximum absolute atomic E-state index is 13.0. The van der Waals surface area contributed by atoms with E-state index in [-0.39, 0.29) is 17.9 Å². The highest BCUT2D eigenvalue weighted by Gasteiger charge is 2.38. The van der Waals surface area contributed by atoms with Crippen molar-refractivity contribution in [2.45, 2.75) is 82.5 Å². The normalized spacial score (nSPS) is 28.1. The van der Waals surface area contributed by atoms with Gasteiger partial charge in [-0.3, -0.25) is 9.59 Å². The average molecular weight is 468 g/mol. The van der Waals surface area contributed by atoms with Crippen molar-refractivity contribution in [3.8, 4) is 5.75 Å². The maximum Gasteiger partial charge on any atom is 0.255 e. The predicted molar refractivity (Wildman–Crippen MR) is 129 cm³/mol. The highest BCUT2D eigenvalue weighted by Crippen LogP contribution is 2.32. The van der Waals surface area contributed by atoms with Crippen molar-refractivity contribution in [1.29, 1.82) is 0 Å². The van der Waals surface area contributed by atoms with E-state index in [9.17, 15) is 9.59 Å². The molecule has 34 heavy (non-hydrogen) atoms. The van der Waals surface area contributed by atoms with Gasteiger partial charge < -0.3 is 25.0 Å². The monoisotopic (exact) mass is 467 g/mol. The molecule has 3 heterocycles. The molecule has 2 saturated heterocycles. The van der Waals surface area contributed by atoms with Gasteiger partial charge in [0, 0.05) is 37.1 Å². The molecule has 4 aliphatic rings. The standard InChI is InChI=1S/C27H37N3O4/c1-18-6-9-24(26(31)29-18)30-17-20-16-21(7-8-22(20)27(30)32)34-25-5-3-2-4-23(25)28-13-10-19-11-14-33-15-12-19/h7-8,16,19,23-25,28H,1-6,9-15,17H2,(H,29,31). The van der Waals surface area contributed by atoms with Crippen LogP contribution in [0.5, 0.6) is 5.75 Å². The lowest BCUT2D eigenvalue weighted by atomic mass is 9.91. The van der Waals surface area contributed by atoms with Crippen molar-refractivity contribution in [3.63, 3.8) is 0 Å². The Balaban J connectivity index is 1.19. The fourth-order valence-corrected chi connectivity index (χ4v) is 5.86. The van der Waals surface area contributed by atoms with E-state index in [4.69, 9.17) is 9.47 Å². The number of nitrogens with zero attached hydrogens (tertiary/aromatic N) is 1. The Bertz CT molecular complexity index is 926. The molecule has 5 rings (SSSR count). The minimum absolute atomic E-state index is 0.0699. The molecule has 1 aromatic rings. The molecule has 1 aliphatic carbocycles. The third kappa shape index (κ3) is 5.15. The lowest BCUT2D eigenvalue weighted by Crippen LogP contribution is -2.49. The number of hydrogen-bond acceptors (Lipinski definition) is 5. The second-order valence-corrected chi connectivity index (χ2v) is 10.2. The highest BCUT2D eigenvalue weighted by atomic mass is 16.5. The molecule has 0 aromatic heterocycles. The van der Waals surface area contributed by atoms with Crippen LogP contribution in [0.4, 0.5) is 0 Å². The molecule has 2 N–H and O–H groups in total. The van der Waals surface area contributed by atoms with Gasteiger partial charge in [-0.25, -0.2) is 0 Å². The van der Waals surface area contributed by atoms with Crippen LogP contribution in [0.25, 0.3) is 0 Å². The van der Waals surface area contributed by atoms with E-state index >= 15 is 0 Å². The molecule has 1 saturated carbocycles. The minimum atomic E-state index is -0.433. The Labute approximate surface area is 202 Å². The Kier molecular flexibility index (Phi) is 7.21. The summed E-state index contributed by atoms with van der Waals surface area (Å²) in [7, 11) is 0. The van der Waals surface area contributed by atoms with Gasteiger partial charge in [0.1, 0.15) is 17.9 Å². The van der Waals surface area contributed by atoms with Gasteiger partial charge >= 0.3 is 0 Å². The first-order valence-corrected chi connectivity index (χ1v) is 13.0. The average Bonchev–Trinajstić information content (AvgIpc) is 3.16. The molecule has 2 amide bonds. The van der Waals surface area contributed by atoms with Gasteiger partial charge in [-0.1, -0.05) is 13.0 Å². The zero-order valence-corrected chi connectivity index (χ0v) is 20.0. The molecule has 7 nitrogen and oxygen atoms in total. The van der Waals surface area contributed by atoms with Gasteiger partial charge in [0.05, 0.1) is 0 Å². The third-order valence-corrected chi connectivity index (χ3v) is 7.90. The number of nitrogens with one attached hydrogen (secondary N) is 2. The van der Waals surface area contributed by atoms with E-state index in [0.717, 1.165) is 55.5 Å². The van der Waals surface area contributed by atoms with Gasteiger partial charge in [0.15, 0.2) is 0 Å². The second-order valence-electron chi connectivity index (χ2n) is 10.2. The zero-order chi connectivity index (χ0) is 23.5. The summed E-state index contributed by atoms with van der Waals surface area (Å²) in [5.74, 6) is 1.38. The first-order valence-electron chi connectivity index (χ1n) is 13.0. The van der Waals surface area contributed by atoms with E-state index in [1.165, 1.54) is 32.1 Å². The SMILES string of the molecule is C=C1CCC(N2Cc3cc(OC4CCCCC4NCCC4CCOCC4)ccc3C2=O)C(=O)N1. The number of fused-ring (bicyclic) bond motifs is 1. The lowest BCUT2D eigenvalue weighted by molar-refractivity contribution is -0.126. The number of ether oxygens (including phenoxy) is 2. The lowest BCUT2D eigenvalue weighted by Gasteiger charge is -2.33. The van der Waals surface area contributed by atoms with Gasteiger partial charge in [-0.2, -0.15) is 0 Å². The Morgan fingerprint density at radius 1 is 1.12 bits per heavy atom. The number of piperidine rings is 1. The van der Waals surface area contributed by atoms with Crippen LogP contribution in [-0.2, 0) is 16.1 Å². The van der Waals surface area contributed by atoms with Crippen LogP contribution in [0.15, 0.2) is 30.5 Å². The van der Waals surface area contributed by atoms with E-state index in [2.05, 4.69) is 17.2 Å². The molecule has 1 aromatic carbocycles. The molecule has 7 heteroatoms. The van der Waals surface area contributed by atoms with Crippen molar-refractivity contribution in [3.05, 3.63) is 41.6 Å². The molecular weight excluding hydrogens is 430 g/mol. The number of hydrogen-bond donors (Lipinski definition) is 2. The van der Waals surface area contributed by atoms with Crippen molar-refractivity contribution in [2.24, 2.45) is 5.92 Å². The van der Waals surface area contributed by atoms with E-state index in [1.54, 1.807) is 4.90 Å². The van der Waals surface area contributed by atoms with Crippen LogP contribution >= 0.6 is 0 Å². The van der Waals surface area contributed by atoms with E-state index in [0.29, 0.717) is 31.0 Å². The van der Waals surface area contributed by atoms with Crippen LogP contribution in [0, 0.1) is 5.92 Å². The number of benzene rings is 1. The Hall–Kier alpha value is -2.38. The van der Waals surface area contributed by atoms with Crippen molar-refractivity contribution in [1.82, 2.24) is 15.5 Å². The first-order chi connectivity index (χ1) is 16.6. The molecule has 184 valence electrons. The Morgan fingerprint density at radius 3 is 2.76 bits per heavy atom. The highest BCUT2D eigenvalue weighted by molar-refractivity contribution is 6.01. The van der Waals surface area contributed by atoms with Crippen molar-refractivity contribution in [2.75, 3.05) is 19.8 Å². The molecule has 0 bridgehead atoms. The fraction of sp³-hybridized carbons (Fsp3) is 0.630. The van der Waals surface area contributed by atoms with Gasteiger partial charge in [0.2, 0.25) is 5.91 Å².